The molecule has 1 aliphatic rings. The summed E-state index contributed by atoms with van der Waals surface area (Å²) in [5, 5.41) is 14.3. The fourth-order valence-electron chi connectivity index (χ4n) is 2.54. The zero-order chi connectivity index (χ0) is 15.4. The highest BCUT2D eigenvalue weighted by molar-refractivity contribution is 5.51. The van der Waals surface area contributed by atoms with E-state index < -0.39 is 4.92 Å². The average molecular weight is 294 g/mol. The molecule has 0 saturated heterocycles. The summed E-state index contributed by atoms with van der Waals surface area (Å²) in [6.07, 6.45) is 1.52. The van der Waals surface area contributed by atoms with Crippen molar-refractivity contribution in [2.75, 3.05) is 13.7 Å². The third-order valence-electron chi connectivity index (χ3n) is 3.79. The molecule has 0 amide bonds. The van der Waals surface area contributed by atoms with Crippen molar-refractivity contribution in [3.8, 4) is 5.75 Å². The van der Waals surface area contributed by atoms with Gasteiger partial charge in [0.1, 0.15) is 12.2 Å². The van der Waals surface area contributed by atoms with E-state index in [4.69, 9.17) is 9.47 Å². The Labute approximate surface area is 124 Å². The fraction of sp³-hybridized carbons (Fsp3) is 0.600. The van der Waals surface area contributed by atoms with Crippen molar-refractivity contribution in [3.63, 3.8) is 0 Å². The number of likely N-dealkylation sites (N-methyl/N-ethyl adjacent to an activating group) is 1. The molecule has 1 aliphatic carbocycles. The number of hydrogen-bond donors (Lipinski definition) is 1. The molecule has 3 atom stereocenters. The molecule has 21 heavy (non-hydrogen) atoms. The molecule has 0 heterocycles. The van der Waals surface area contributed by atoms with Crippen LogP contribution in [0.3, 0.4) is 0 Å². The molecular weight excluding hydrogens is 272 g/mol. The molecule has 2 rings (SSSR count). The van der Waals surface area contributed by atoms with Gasteiger partial charge in [-0.25, -0.2) is 0 Å². The first-order valence-corrected chi connectivity index (χ1v) is 7.28. The second-order valence-electron chi connectivity index (χ2n) is 5.30. The lowest BCUT2D eigenvalue weighted by Crippen LogP contribution is -2.60. The molecule has 0 bridgehead atoms. The maximum Gasteiger partial charge on any atom is 0.311 e. The second-order valence-corrected chi connectivity index (χ2v) is 5.30. The zero-order valence-electron chi connectivity index (χ0n) is 12.7. The van der Waals surface area contributed by atoms with E-state index in [0.29, 0.717) is 12.4 Å². The van der Waals surface area contributed by atoms with Gasteiger partial charge in [-0.05, 0) is 26.0 Å². The summed E-state index contributed by atoms with van der Waals surface area (Å²) in [5.41, 5.74) is 0.781. The first-order chi connectivity index (χ1) is 10.1. The van der Waals surface area contributed by atoms with Crippen LogP contribution in [0.25, 0.3) is 0 Å². The van der Waals surface area contributed by atoms with Gasteiger partial charge >= 0.3 is 5.69 Å². The number of nitro groups is 1. The third kappa shape index (κ3) is 3.33. The summed E-state index contributed by atoms with van der Waals surface area (Å²) in [7, 11) is 1.89. The van der Waals surface area contributed by atoms with E-state index in [1.54, 1.807) is 6.07 Å². The van der Waals surface area contributed by atoms with Crippen LogP contribution in [0.4, 0.5) is 5.69 Å². The van der Waals surface area contributed by atoms with Crippen molar-refractivity contribution in [2.24, 2.45) is 0 Å². The Bertz CT molecular complexity index is 506. The predicted molar refractivity (Wildman–Crippen MR) is 79.7 cm³/mol. The molecule has 6 nitrogen and oxygen atoms in total. The van der Waals surface area contributed by atoms with E-state index in [9.17, 15) is 10.1 Å². The van der Waals surface area contributed by atoms with Gasteiger partial charge in [0.2, 0.25) is 0 Å². The molecule has 6 heteroatoms. The van der Waals surface area contributed by atoms with Crippen molar-refractivity contribution in [2.45, 2.75) is 44.9 Å². The van der Waals surface area contributed by atoms with E-state index >= 15 is 0 Å². The van der Waals surface area contributed by atoms with Gasteiger partial charge < -0.3 is 14.8 Å². The van der Waals surface area contributed by atoms with Crippen molar-refractivity contribution in [1.82, 2.24) is 5.32 Å². The van der Waals surface area contributed by atoms with Gasteiger partial charge in [0.25, 0.3) is 0 Å². The Balaban J connectivity index is 2.13. The lowest BCUT2D eigenvalue weighted by molar-refractivity contribution is -0.386. The first-order valence-electron chi connectivity index (χ1n) is 7.28. The lowest BCUT2D eigenvalue weighted by Gasteiger charge is -2.43. The van der Waals surface area contributed by atoms with E-state index in [0.717, 1.165) is 18.4 Å². The Hall–Kier alpha value is -1.66. The molecule has 1 aromatic rings. The number of para-hydroxylation sites is 1. The molecule has 1 fully saturated rings. The van der Waals surface area contributed by atoms with Gasteiger partial charge in [0, 0.05) is 25.1 Å². The molecule has 0 aliphatic heterocycles. The normalized spacial score (nSPS) is 24.4. The largest absolute Gasteiger partial charge is 0.480 e. The number of hydrogen-bond acceptors (Lipinski definition) is 5. The van der Waals surface area contributed by atoms with Gasteiger partial charge in [0.15, 0.2) is 5.75 Å². The number of nitro benzene ring substituents is 1. The van der Waals surface area contributed by atoms with E-state index in [-0.39, 0.29) is 23.9 Å². The van der Waals surface area contributed by atoms with Crippen molar-refractivity contribution in [3.05, 3.63) is 33.9 Å². The van der Waals surface area contributed by atoms with Crippen LogP contribution in [-0.4, -0.2) is 36.8 Å². The van der Waals surface area contributed by atoms with Crippen molar-refractivity contribution < 1.29 is 14.4 Å². The summed E-state index contributed by atoms with van der Waals surface area (Å²) >= 11 is 0. The molecule has 116 valence electrons. The minimum Gasteiger partial charge on any atom is -0.480 e. The van der Waals surface area contributed by atoms with Crippen LogP contribution in [0.2, 0.25) is 0 Å². The minimum atomic E-state index is -0.404. The summed E-state index contributed by atoms with van der Waals surface area (Å²) in [5.74, 6) is 0.354. The van der Waals surface area contributed by atoms with E-state index in [2.05, 4.69) is 12.2 Å². The monoisotopic (exact) mass is 294 g/mol. The third-order valence-corrected chi connectivity index (χ3v) is 3.79. The van der Waals surface area contributed by atoms with Crippen LogP contribution in [-0.2, 0) is 4.74 Å². The molecule has 3 unspecified atom stereocenters. The molecule has 0 aromatic heterocycles. The Morgan fingerprint density at radius 3 is 2.86 bits per heavy atom. The van der Waals surface area contributed by atoms with Crippen LogP contribution < -0.4 is 10.1 Å². The van der Waals surface area contributed by atoms with Crippen LogP contribution in [0.5, 0.6) is 5.75 Å². The highest BCUT2D eigenvalue weighted by Gasteiger charge is 2.43. The first kappa shape index (κ1) is 15.7. The molecule has 1 aromatic carbocycles. The molecule has 1 N–H and O–H groups in total. The summed E-state index contributed by atoms with van der Waals surface area (Å²) in [4.78, 5) is 10.7. The van der Waals surface area contributed by atoms with Gasteiger partial charge in [-0.2, -0.15) is 0 Å². The number of nitrogens with zero attached hydrogens (tertiary/aromatic N) is 1. The number of aryl methyl sites for hydroxylation is 1. The van der Waals surface area contributed by atoms with Crippen molar-refractivity contribution in [1.29, 1.82) is 0 Å². The number of rotatable bonds is 7. The van der Waals surface area contributed by atoms with Crippen LogP contribution >= 0.6 is 0 Å². The Morgan fingerprint density at radius 1 is 1.48 bits per heavy atom. The summed E-state index contributed by atoms with van der Waals surface area (Å²) < 4.78 is 11.7. The zero-order valence-corrected chi connectivity index (χ0v) is 12.7. The SMILES string of the molecule is CCCOC1C(NC)CC1Oc1c(C)cccc1[N+](=O)[O-]. The van der Waals surface area contributed by atoms with Crippen LogP contribution in [0.1, 0.15) is 25.3 Å². The second kappa shape index (κ2) is 6.87. The smallest absolute Gasteiger partial charge is 0.311 e. The molecule has 0 spiro atoms. The van der Waals surface area contributed by atoms with Crippen LogP contribution in [0, 0.1) is 17.0 Å². The van der Waals surface area contributed by atoms with Crippen molar-refractivity contribution >= 4 is 5.69 Å². The maximum atomic E-state index is 11.1. The van der Waals surface area contributed by atoms with Gasteiger partial charge in [0.05, 0.1) is 4.92 Å². The van der Waals surface area contributed by atoms with E-state index in [1.807, 2.05) is 20.0 Å². The summed E-state index contributed by atoms with van der Waals surface area (Å²) in [6.45, 7) is 4.53. The maximum absolute atomic E-state index is 11.1. The fourth-order valence-corrected chi connectivity index (χ4v) is 2.54. The quantitative estimate of drug-likeness (QED) is 0.617. The van der Waals surface area contributed by atoms with Crippen LogP contribution in [0.15, 0.2) is 18.2 Å². The lowest BCUT2D eigenvalue weighted by atomic mass is 9.85. The molecule has 0 radical (unpaired) electrons. The highest BCUT2D eigenvalue weighted by Crippen LogP contribution is 2.36. The van der Waals surface area contributed by atoms with Gasteiger partial charge in [-0.1, -0.05) is 19.1 Å². The van der Waals surface area contributed by atoms with E-state index in [1.165, 1.54) is 6.07 Å². The average Bonchev–Trinajstić information content (AvgIpc) is 2.44. The minimum absolute atomic E-state index is 0.0112. The highest BCUT2D eigenvalue weighted by atomic mass is 16.6. The number of benzene rings is 1. The Kier molecular flexibility index (Phi) is 5.14. The van der Waals surface area contributed by atoms with Gasteiger partial charge in [-0.15, -0.1) is 0 Å². The summed E-state index contributed by atoms with van der Waals surface area (Å²) in [6, 6.07) is 5.20. The Morgan fingerprint density at radius 2 is 2.24 bits per heavy atom. The van der Waals surface area contributed by atoms with Gasteiger partial charge in [-0.3, -0.25) is 10.1 Å². The predicted octanol–water partition coefficient (Wildman–Crippen LogP) is 2.44. The molecular formula is C15H22N2O4. The standard InChI is InChI=1S/C15H22N2O4/c1-4-8-20-15-11(16-3)9-13(15)21-14-10(2)6-5-7-12(14)17(18)19/h5-7,11,13,15-16H,4,8-9H2,1-3H3. The number of ether oxygens (including phenoxy) is 2. The molecule has 1 saturated carbocycles. The number of nitrogens with one attached hydrogen (secondary N) is 1. The topological polar surface area (TPSA) is 73.6 Å².